The molecule has 0 bridgehead atoms. The first-order chi connectivity index (χ1) is 12.7. The summed E-state index contributed by atoms with van der Waals surface area (Å²) in [6, 6.07) is 14.5. The number of amides is 1. The zero-order valence-corrected chi connectivity index (χ0v) is 14.6. The van der Waals surface area contributed by atoms with Crippen LogP contribution in [-0.4, -0.2) is 35.7 Å². The van der Waals surface area contributed by atoms with Gasteiger partial charge in [0.25, 0.3) is 11.5 Å². The number of rotatable bonds is 7. The van der Waals surface area contributed by atoms with Crippen LogP contribution in [0.15, 0.2) is 59.7 Å². The number of hydrogen-bond acceptors (Lipinski definition) is 4. The minimum Gasteiger partial charge on any atom is -0.385 e. The molecule has 1 aromatic heterocycles. The van der Waals surface area contributed by atoms with Crippen molar-refractivity contribution in [3.63, 3.8) is 0 Å². The zero-order valence-electron chi connectivity index (χ0n) is 14.6. The number of nitrogens with one attached hydrogen (secondary N) is 1. The molecule has 0 atom stereocenters. The summed E-state index contributed by atoms with van der Waals surface area (Å²) in [6.07, 6.45) is 2.33. The summed E-state index contributed by atoms with van der Waals surface area (Å²) in [6.45, 7) is 1.60. The lowest BCUT2D eigenvalue weighted by Gasteiger charge is -2.08. The van der Waals surface area contributed by atoms with E-state index in [1.165, 1.54) is 0 Å². The molecule has 0 unspecified atom stereocenters. The van der Waals surface area contributed by atoms with E-state index >= 15 is 0 Å². The maximum atomic E-state index is 12.5. The molecule has 26 heavy (non-hydrogen) atoms. The van der Waals surface area contributed by atoms with E-state index in [0.29, 0.717) is 36.2 Å². The fourth-order valence-electron chi connectivity index (χ4n) is 2.70. The van der Waals surface area contributed by atoms with Crippen LogP contribution in [0.25, 0.3) is 10.9 Å². The first kappa shape index (κ1) is 17.8. The van der Waals surface area contributed by atoms with Gasteiger partial charge in [-0.1, -0.05) is 24.3 Å². The van der Waals surface area contributed by atoms with E-state index in [0.717, 1.165) is 12.0 Å². The minimum atomic E-state index is -0.114. The summed E-state index contributed by atoms with van der Waals surface area (Å²) < 4.78 is 6.53. The third-order valence-electron chi connectivity index (χ3n) is 4.11. The topological polar surface area (TPSA) is 73.2 Å². The summed E-state index contributed by atoms with van der Waals surface area (Å²) in [5, 5.41) is 3.45. The molecule has 0 saturated heterocycles. The maximum absolute atomic E-state index is 12.5. The average molecular weight is 351 g/mol. The van der Waals surface area contributed by atoms with Gasteiger partial charge in [0.15, 0.2) is 0 Å². The molecule has 3 rings (SSSR count). The Morgan fingerprint density at radius 2 is 1.92 bits per heavy atom. The molecule has 0 aliphatic carbocycles. The number of nitrogens with zero attached hydrogens (tertiary/aromatic N) is 2. The van der Waals surface area contributed by atoms with Gasteiger partial charge in [-0.2, -0.15) is 0 Å². The molecule has 1 N–H and O–H groups in total. The van der Waals surface area contributed by atoms with Crippen molar-refractivity contribution < 1.29 is 9.53 Å². The van der Waals surface area contributed by atoms with Gasteiger partial charge in [-0.05, 0) is 36.2 Å². The molecule has 0 fully saturated rings. The lowest BCUT2D eigenvalue weighted by Crippen LogP contribution is -2.25. The Morgan fingerprint density at radius 1 is 1.15 bits per heavy atom. The second-order valence-electron chi connectivity index (χ2n) is 5.99. The number of aromatic nitrogens is 2. The highest BCUT2D eigenvalue weighted by atomic mass is 16.5. The lowest BCUT2D eigenvalue weighted by atomic mass is 10.1. The predicted octanol–water partition coefficient (Wildman–Crippen LogP) is 2.21. The zero-order chi connectivity index (χ0) is 18.4. The van der Waals surface area contributed by atoms with Crippen LogP contribution >= 0.6 is 0 Å². The smallest absolute Gasteiger partial charge is 0.261 e. The van der Waals surface area contributed by atoms with Gasteiger partial charge in [0.2, 0.25) is 0 Å². The Kier molecular flexibility index (Phi) is 5.76. The minimum absolute atomic E-state index is 0.0736. The lowest BCUT2D eigenvalue weighted by molar-refractivity contribution is 0.0948. The molecule has 0 radical (unpaired) electrons. The molecule has 1 amide bonds. The number of benzene rings is 2. The van der Waals surface area contributed by atoms with Crippen molar-refractivity contribution in [2.24, 2.45) is 0 Å². The van der Waals surface area contributed by atoms with Crippen molar-refractivity contribution in [1.29, 1.82) is 0 Å². The fraction of sp³-hybridized carbons (Fsp3) is 0.250. The quantitative estimate of drug-likeness (QED) is 0.663. The molecular formula is C20H21N3O3. The summed E-state index contributed by atoms with van der Waals surface area (Å²) in [5.41, 5.74) is 2.14. The molecule has 6 heteroatoms. The van der Waals surface area contributed by atoms with Gasteiger partial charge in [0, 0.05) is 25.8 Å². The molecule has 3 aromatic rings. The maximum Gasteiger partial charge on any atom is 0.261 e. The normalized spacial score (nSPS) is 10.8. The van der Waals surface area contributed by atoms with Gasteiger partial charge >= 0.3 is 0 Å². The number of hydrogen-bond donors (Lipinski definition) is 1. The van der Waals surface area contributed by atoms with Crippen LogP contribution in [0.4, 0.5) is 0 Å². The van der Waals surface area contributed by atoms with E-state index in [2.05, 4.69) is 10.3 Å². The highest BCUT2D eigenvalue weighted by molar-refractivity contribution is 5.94. The predicted molar refractivity (Wildman–Crippen MR) is 100 cm³/mol. The second kappa shape index (κ2) is 8.40. The van der Waals surface area contributed by atoms with Gasteiger partial charge < -0.3 is 10.1 Å². The first-order valence-electron chi connectivity index (χ1n) is 8.49. The van der Waals surface area contributed by atoms with Crippen LogP contribution in [0.3, 0.4) is 0 Å². The molecule has 2 aromatic carbocycles. The number of para-hydroxylation sites is 1. The van der Waals surface area contributed by atoms with E-state index in [1.807, 2.05) is 30.3 Å². The molecule has 134 valence electrons. The summed E-state index contributed by atoms with van der Waals surface area (Å²) in [7, 11) is 1.64. The Morgan fingerprint density at radius 3 is 2.69 bits per heavy atom. The summed E-state index contributed by atoms with van der Waals surface area (Å²) >= 11 is 0. The van der Waals surface area contributed by atoms with E-state index in [1.54, 1.807) is 36.2 Å². The monoisotopic (exact) mass is 351 g/mol. The molecule has 0 aliphatic heterocycles. The Hall–Kier alpha value is -2.99. The Balaban J connectivity index is 1.69. The van der Waals surface area contributed by atoms with Crippen molar-refractivity contribution in [2.75, 3.05) is 20.3 Å². The molecule has 0 aliphatic rings. The van der Waals surface area contributed by atoms with Crippen molar-refractivity contribution >= 4 is 16.8 Å². The van der Waals surface area contributed by atoms with Crippen LogP contribution < -0.4 is 10.9 Å². The van der Waals surface area contributed by atoms with Crippen molar-refractivity contribution in [2.45, 2.75) is 13.0 Å². The van der Waals surface area contributed by atoms with Gasteiger partial charge in [-0.25, -0.2) is 4.98 Å². The van der Waals surface area contributed by atoms with Crippen LogP contribution in [0.1, 0.15) is 22.3 Å². The molecule has 0 spiro atoms. The SMILES string of the molecule is COCCCNC(=O)c1ccc(Cn2cnc3ccccc3c2=O)cc1. The van der Waals surface area contributed by atoms with Gasteiger partial charge in [-0.3, -0.25) is 14.2 Å². The van der Waals surface area contributed by atoms with E-state index in [-0.39, 0.29) is 11.5 Å². The highest BCUT2D eigenvalue weighted by Gasteiger charge is 2.07. The number of fused-ring (bicyclic) bond motifs is 1. The summed E-state index contributed by atoms with van der Waals surface area (Å²) in [5.74, 6) is -0.114. The molecular weight excluding hydrogens is 330 g/mol. The van der Waals surface area contributed by atoms with E-state index < -0.39 is 0 Å². The third kappa shape index (κ3) is 4.15. The van der Waals surface area contributed by atoms with Crippen LogP contribution in [0.2, 0.25) is 0 Å². The number of ether oxygens (including phenoxy) is 1. The van der Waals surface area contributed by atoms with Gasteiger partial charge in [-0.15, -0.1) is 0 Å². The van der Waals surface area contributed by atoms with Crippen LogP contribution in [0.5, 0.6) is 0 Å². The van der Waals surface area contributed by atoms with E-state index in [4.69, 9.17) is 4.74 Å². The third-order valence-corrected chi connectivity index (χ3v) is 4.11. The summed E-state index contributed by atoms with van der Waals surface area (Å²) in [4.78, 5) is 28.9. The van der Waals surface area contributed by atoms with Gasteiger partial charge in [0.05, 0.1) is 23.8 Å². The standard InChI is InChI=1S/C20H21N3O3/c1-26-12-4-11-21-19(24)16-9-7-15(8-10-16)13-23-14-22-18-6-3-2-5-17(18)20(23)25/h2-3,5-10,14H,4,11-13H2,1H3,(H,21,24). The number of carbonyl (C=O) groups is 1. The Labute approximate surface area is 151 Å². The fourth-order valence-corrected chi connectivity index (χ4v) is 2.70. The molecule has 0 saturated carbocycles. The average Bonchev–Trinajstić information content (AvgIpc) is 2.68. The first-order valence-corrected chi connectivity index (χ1v) is 8.49. The van der Waals surface area contributed by atoms with Crippen LogP contribution in [-0.2, 0) is 11.3 Å². The second-order valence-corrected chi connectivity index (χ2v) is 5.99. The van der Waals surface area contributed by atoms with Crippen LogP contribution in [0, 0.1) is 0 Å². The van der Waals surface area contributed by atoms with Gasteiger partial charge in [0.1, 0.15) is 0 Å². The van der Waals surface area contributed by atoms with Crippen molar-refractivity contribution in [3.05, 3.63) is 76.3 Å². The molecule has 1 heterocycles. The number of carbonyl (C=O) groups excluding carboxylic acids is 1. The molecule has 6 nitrogen and oxygen atoms in total. The van der Waals surface area contributed by atoms with Crippen molar-refractivity contribution in [1.82, 2.24) is 14.9 Å². The van der Waals surface area contributed by atoms with E-state index in [9.17, 15) is 9.59 Å². The van der Waals surface area contributed by atoms with Crippen molar-refractivity contribution in [3.8, 4) is 0 Å². The number of methoxy groups -OCH3 is 1. The highest BCUT2D eigenvalue weighted by Crippen LogP contribution is 2.08. The largest absolute Gasteiger partial charge is 0.385 e. The Bertz CT molecular complexity index is 948.